The Kier molecular flexibility index (Phi) is 2.36. The van der Waals surface area contributed by atoms with Crippen LogP contribution in [0.25, 0.3) is 0 Å². The van der Waals surface area contributed by atoms with Crippen LogP contribution < -0.4 is 5.73 Å². The lowest BCUT2D eigenvalue weighted by atomic mass is 10.3. The molecule has 15 heavy (non-hydrogen) atoms. The van der Waals surface area contributed by atoms with Crippen molar-refractivity contribution in [3.63, 3.8) is 0 Å². The Bertz CT molecular complexity index is 459. The lowest BCUT2D eigenvalue weighted by Crippen LogP contribution is -2.07. The molecule has 0 aliphatic heterocycles. The minimum Gasteiger partial charge on any atom is -0.424 e. The third kappa shape index (κ3) is 1.80. The molecule has 7 heteroatoms. The summed E-state index contributed by atoms with van der Waals surface area (Å²) in [4.78, 5) is 0. The van der Waals surface area contributed by atoms with Gasteiger partial charge in [0.2, 0.25) is 11.8 Å². The van der Waals surface area contributed by atoms with Crippen molar-refractivity contribution in [1.29, 1.82) is 0 Å². The van der Waals surface area contributed by atoms with E-state index in [0.717, 1.165) is 12.1 Å². The lowest BCUT2D eigenvalue weighted by molar-refractivity contribution is 0.437. The van der Waals surface area contributed by atoms with Crippen molar-refractivity contribution < 1.29 is 4.42 Å². The summed E-state index contributed by atoms with van der Waals surface area (Å²) in [6.07, 6.45) is 0.770. The van der Waals surface area contributed by atoms with E-state index in [9.17, 15) is 0 Å². The van der Waals surface area contributed by atoms with Crippen LogP contribution in [-0.2, 0) is 13.0 Å². The Morgan fingerprint density at radius 2 is 2.13 bits per heavy atom. The van der Waals surface area contributed by atoms with Crippen LogP contribution in [0.3, 0.4) is 0 Å². The van der Waals surface area contributed by atoms with Crippen molar-refractivity contribution in [3.05, 3.63) is 17.5 Å². The molecule has 2 heterocycles. The van der Waals surface area contributed by atoms with Gasteiger partial charge in [0.1, 0.15) is 6.54 Å². The van der Waals surface area contributed by atoms with E-state index in [-0.39, 0.29) is 0 Å². The van der Waals surface area contributed by atoms with Gasteiger partial charge < -0.3 is 10.2 Å². The fourth-order valence-corrected chi connectivity index (χ4v) is 1.37. The summed E-state index contributed by atoms with van der Waals surface area (Å²) in [5.41, 5.74) is 6.53. The second kappa shape index (κ2) is 3.68. The third-order valence-electron chi connectivity index (χ3n) is 2.06. The summed E-state index contributed by atoms with van der Waals surface area (Å²) < 4.78 is 6.91. The maximum atomic E-state index is 5.65. The molecule has 0 spiro atoms. The topological polar surface area (TPSA) is 95.7 Å². The second-order valence-electron chi connectivity index (χ2n) is 3.15. The Morgan fingerprint density at radius 1 is 1.33 bits per heavy atom. The highest BCUT2D eigenvalue weighted by molar-refractivity contribution is 5.32. The van der Waals surface area contributed by atoms with Crippen molar-refractivity contribution in [2.75, 3.05) is 5.73 Å². The minimum absolute atomic E-state index is 0.411. The number of nitrogen functional groups attached to an aromatic ring is 1. The average molecular weight is 208 g/mol. The van der Waals surface area contributed by atoms with Gasteiger partial charge in [0, 0.05) is 6.92 Å². The third-order valence-corrected chi connectivity index (χ3v) is 2.06. The number of hydrogen-bond donors (Lipinski definition) is 1. The smallest absolute Gasteiger partial charge is 0.237 e. The summed E-state index contributed by atoms with van der Waals surface area (Å²) in [5, 5.41) is 15.3. The molecule has 0 atom stereocenters. The van der Waals surface area contributed by atoms with Gasteiger partial charge >= 0.3 is 0 Å². The van der Waals surface area contributed by atoms with E-state index in [2.05, 4.69) is 20.5 Å². The fraction of sp³-hybridized carbons (Fsp3) is 0.500. The van der Waals surface area contributed by atoms with E-state index in [0.29, 0.717) is 24.1 Å². The van der Waals surface area contributed by atoms with E-state index in [1.807, 2.05) is 6.92 Å². The first kappa shape index (κ1) is 9.63. The summed E-state index contributed by atoms with van der Waals surface area (Å²) >= 11 is 0. The van der Waals surface area contributed by atoms with Gasteiger partial charge in [0.25, 0.3) is 0 Å². The van der Waals surface area contributed by atoms with Gasteiger partial charge in [-0.05, 0) is 6.42 Å². The van der Waals surface area contributed by atoms with Crippen LogP contribution in [0.5, 0.6) is 0 Å². The molecule has 0 radical (unpaired) electrons. The van der Waals surface area contributed by atoms with Crippen LogP contribution in [0.2, 0.25) is 0 Å². The lowest BCUT2D eigenvalue weighted by Gasteiger charge is -2.00. The highest BCUT2D eigenvalue weighted by Crippen LogP contribution is 2.10. The Balaban J connectivity index is 2.24. The Hall–Kier alpha value is -1.92. The molecular formula is C8H12N6O. The molecule has 0 saturated carbocycles. The molecule has 0 aliphatic carbocycles. The van der Waals surface area contributed by atoms with Crippen molar-refractivity contribution in [2.24, 2.45) is 0 Å². The first-order chi connectivity index (χ1) is 7.20. The normalized spacial score (nSPS) is 10.8. The molecular weight excluding hydrogens is 196 g/mol. The first-order valence-corrected chi connectivity index (χ1v) is 4.67. The fourth-order valence-electron chi connectivity index (χ4n) is 1.37. The monoisotopic (exact) mass is 208 g/mol. The predicted molar refractivity (Wildman–Crippen MR) is 51.9 cm³/mol. The Morgan fingerprint density at radius 3 is 2.73 bits per heavy atom. The summed E-state index contributed by atoms with van der Waals surface area (Å²) in [6, 6.07) is 0. The molecule has 0 fully saturated rings. The summed E-state index contributed by atoms with van der Waals surface area (Å²) in [7, 11) is 0. The van der Waals surface area contributed by atoms with Gasteiger partial charge in [0.05, 0.1) is 5.69 Å². The van der Waals surface area contributed by atoms with Gasteiger partial charge in [-0.3, -0.25) is 0 Å². The van der Waals surface area contributed by atoms with Gasteiger partial charge in [-0.1, -0.05) is 12.1 Å². The number of nitrogens with zero attached hydrogens (tertiary/aromatic N) is 5. The number of rotatable bonds is 3. The molecule has 7 nitrogen and oxygen atoms in total. The van der Waals surface area contributed by atoms with E-state index >= 15 is 0 Å². The van der Waals surface area contributed by atoms with Gasteiger partial charge in [-0.15, -0.1) is 15.3 Å². The van der Waals surface area contributed by atoms with Crippen molar-refractivity contribution >= 4 is 5.82 Å². The molecule has 0 unspecified atom stereocenters. The van der Waals surface area contributed by atoms with E-state index < -0.39 is 0 Å². The molecule has 0 amide bonds. The van der Waals surface area contributed by atoms with E-state index in [1.165, 1.54) is 0 Å². The maximum Gasteiger partial charge on any atom is 0.237 e. The first-order valence-electron chi connectivity index (χ1n) is 4.67. The molecule has 80 valence electrons. The second-order valence-corrected chi connectivity index (χ2v) is 3.15. The van der Waals surface area contributed by atoms with Crippen LogP contribution in [0.4, 0.5) is 5.82 Å². The molecule has 0 aromatic carbocycles. The van der Waals surface area contributed by atoms with Crippen LogP contribution >= 0.6 is 0 Å². The molecule has 0 saturated heterocycles. The molecule has 0 bridgehead atoms. The van der Waals surface area contributed by atoms with Crippen LogP contribution in [-0.4, -0.2) is 25.2 Å². The van der Waals surface area contributed by atoms with Crippen molar-refractivity contribution in [2.45, 2.75) is 26.8 Å². The Labute approximate surface area is 86.3 Å². The minimum atomic E-state index is 0.411. The quantitative estimate of drug-likeness (QED) is 0.772. The standard InChI is InChI=1S/C8H12N6O/c1-3-6-8(9)12-13-14(6)4-7-11-10-5(2)15-7/h3-4,9H2,1-2H3. The van der Waals surface area contributed by atoms with Gasteiger partial charge in [-0.2, -0.15) is 0 Å². The summed E-state index contributed by atoms with van der Waals surface area (Å²) in [5.74, 6) is 1.50. The van der Waals surface area contributed by atoms with Crippen LogP contribution in [0.15, 0.2) is 4.42 Å². The molecule has 2 aromatic rings. The predicted octanol–water partition coefficient (Wildman–Crippen LogP) is 0.162. The number of hydrogen-bond acceptors (Lipinski definition) is 6. The highest BCUT2D eigenvalue weighted by atomic mass is 16.4. The van der Waals surface area contributed by atoms with Crippen LogP contribution in [0.1, 0.15) is 24.4 Å². The van der Waals surface area contributed by atoms with Crippen molar-refractivity contribution in [1.82, 2.24) is 25.2 Å². The zero-order valence-electron chi connectivity index (χ0n) is 8.64. The largest absolute Gasteiger partial charge is 0.424 e. The number of aryl methyl sites for hydroxylation is 1. The maximum absolute atomic E-state index is 5.65. The molecule has 2 rings (SSSR count). The van der Waals surface area contributed by atoms with Crippen molar-refractivity contribution in [3.8, 4) is 0 Å². The number of anilines is 1. The van der Waals surface area contributed by atoms with Crippen LogP contribution in [0, 0.1) is 6.92 Å². The number of nitrogens with two attached hydrogens (primary N) is 1. The SMILES string of the molecule is CCc1c(N)nnn1Cc1nnc(C)o1. The zero-order chi connectivity index (χ0) is 10.8. The summed E-state index contributed by atoms with van der Waals surface area (Å²) in [6.45, 7) is 4.14. The van der Waals surface area contributed by atoms with E-state index in [1.54, 1.807) is 11.6 Å². The molecule has 2 aromatic heterocycles. The van der Waals surface area contributed by atoms with E-state index in [4.69, 9.17) is 10.2 Å². The molecule has 2 N–H and O–H groups in total. The number of aromatic nitrogens is 5. The van der Waals surface area contributed by atoms with Gasteiger partial charge in [0.15, 0.2) is 5.82 Å². The molecule has 0 aliphatic rings. The zero-order valence-corrected chi connectivity index (χ0v) is 8.64. The van der Waals surface area contributed by atoms with Gasteiger partial charge in [-0.25, -0.2) is 4.68 Å². The highest BCUT2D eigenvalue weighted by Gasteiger charge is 2.11. The average Bonchev–Trinajstić information content (AvgIpc) is 2.75.